The van der Waals surface area contributed by atoms with E-state index in [4.69, 9.17) is 10.8 Å². The lowest BCUT2D eigenvalue weighted by molar-refractivity contribution is -0.138. The Hall–Kier alpha value is -0.570. The molecule has 0 unspecified atom stereocenters. The molecule has 0 aromatic rings. The summed E-state index contributed by atoms with van der Waals surface area (Å²) in [4.78, 5) is 10.2. The summed E-state index contributed by atoms with van der Waals surface area (Å²) in [6, 6.07) is 0. The highest BCUT2D eigenvalue weighted by Gasteiger charge is 2.14. The van der Waals surface area contributed by atoms with E-state index in [0.29, 0.717) is 12.5 Å². The topological polar surface area (TPSA) is 63.3 Å². The van der Waals surface area contributed by atoms with Crippen molar-refractivity contribution in [3.8, 4) is 0 Å². The second kappa shape index (κ2) is 4.28. The lowest BCUT2D eigenvalue weighted by atomic mass is 9.93. The van der Waals surface area contributed by atoms with Crippen molar-refractivity contribution in [2.45, 2.75) is 20.3 Å². The fraction of sp³-hybridized carbons (Fsp3) is 0.857. The van der Waals surface area contributed by atoms with E-state index >= 15 is 0 Å². The maximum absolute atomic E-state index is 10.2. The van der Waals surface area contributed by atoms with Gasteiger partial charge in [-0.25, -0.2) is 0 Å². The molecule has 1 atom stereocenters. The Morgan fingerprint density at radius 3 is 2.20 bits per heavy atom. The fourth-order valence-corrected chi connectivity index (χ4v) is 0.815. The molecule has 0 bridgehead atoms. The normalized spacial score (nSPS) is 13.6. The summed E-state index contributed by atoms with van der Waals surface area (Å²) in [7, 11) is 0. The summed E-state index contributed by atoms with van der Waals surface area (Å²) in [6.45, 7) is 4.44. The van der Waals surface area contributed by atoms with Crippen LogP contribution in [-0.4, -0.2) is 17.6 Å². The van der Waals surface area contributed by atoms with Gasteiger partial charge in [0.25, 0.3) is 0 Å². The molecule has 3 nitrogen and oxygen atoms in total. The van der Waals surface area contributed by atoms with Gasteiger partial charge in [-0.15, -0.1) is 0 Å². The molecule has 0 saturated heterocycles. The molecule has 0 spiro atoms. The van der Waals surface area contributed by atoms with Crippen LogP contribution in [0.5, 0.6) is 0 Å². The number of aliphatic carboxylic acids is 1. The number of nitrogens with two attached hydrogens (primary N) is 1. The van der Waals surface area contributed by atoms with Gasteiger partial charge in [-0.1, -0.05) is 13.8 Å². The van der Waals surface area contributed by atoms with Crippen molar-refractivity contribution >= 4 is 5.97 Å². The van der Waals surface area contributed by atoms with E-state index in [9.17, 15) is 4.79 Å². The zero-order valence-corrected chi connectivity index (χ0v) is 6.50. The van der Waals surface area contributed by atoms with Crippen LogP contribution in [0.1, 0.15) is 20.3 Å². The summed E-state index contributed by atoms with van der Waals surface area (Å²) < 4.78 is 0. The number of carboxylic acid groups (broad SMARTS) is 1. The molecule has 0 radical (unpaired) electrons. The van der Waals surface area contributed by atoms with Gasteiger partial charge in [0.1, 0.15) is 0 Å². The standard InChI is InChI=1S/C7H15NO2/c1-5(2)6(4-8)3-7(9)10/h5-6H,3-4,8H2,1-2H3,(H,9,10)/t6-/m0/s1. The van der Waals surface area contributed by atoms with Crippen LogP contribution in [-0.2, 0) is 4.79 Å². The first-order valence-electron chi connectivity index (χ1n) is 3.49. The van der Waals surface area contributed by atoms with E-state index in [1.807, 2.05) is 13.8 Å². The first kappa shape index (κ1) is 9.43. The minimum absolute atomic E-state index is 0.123. The SMILES string of the molecule is CC(C)[C@H](CN)CC(=O)O. The fourth-order valence-electron chi connectivity index (χ4n) is 0.815. The number of rotatable bonds is 4. The van der Waals surface area contributed by atoms with Gasteiger partial charge in [-0.2, -0.15) is 0 Å². The molecule has 0 rings (SSSR count). The lowest BCUT2D eigenvalue weighted by Gasteiger charge is -2.15. The third-order valence-electron chi connectivity index (χ3n) is 1.68. The Labute approximate surface area is 61.2 Å². The van der Waals surface area contributed by atoms with Crippen LogP contribution in [0.2, 0.25) is 0 Å². The van der Waals surface area contributed by atoms with Crippen LogP contribution >= 0.6 is 0 Å². The van der Waals surface area contributed by atoms with Crippen molar-refractivity contribution in [2.24, 2.45) is 17.6 Å². The molecule has 3 heteroatoms. The Kier molecular flexibility index (Phi) is 4.03. The molecule has 0 amide bonds. The van der Waals surface area contributed by atoms with Crippen molar-refractivity contribution in [1.82, 2.24) is 0 Å². The summed E-state index contributed by atoms with van der Waals surface area (Å²) >= 11 is 0. The highest BCUT2D eigenvalue weighted by Crippen LogP contribution is 2.12. The monoisotopic (exact) mass is 145 g/mol. The zero-order chi connectivity index (χ0) is 8.15. The quantitative estimate of drug-likeness (QED) is 0.611. The summed E-state index contributed by atoms with van der Waals surface area (Å²) in [5, 5.41) is 8.41. The average Bonchev–Trinajstić information content (AvgIpc) is 1.81. The molecule has 0 fully saturated rings. The first-order chi connectivity index (χ1) is 4.57. The van der Waals surface area contributed by atoms with Crippen LogP contribution in [0.25, 0.3) is 0 Å². The van der Waals surface area contributed by atoms with Gasteiger partial charge in [0.2, 0.25) is 0 Å². The largest absolute Gasteiger partial charge is 0.481 e. The molecule has 0 aliphatic heterocycles. The number of hydrogen-bond acceptors (Lipinski definition) is 2. The van der Waals surface area contributed by atoms with Crippen LogP contribution in [0, 0.1) is 11.8 Å². The van der Waals surface area contributed by atoms with Crippen molar-refractivity contribution in [2.75, 3.05) is 6.54 Å². The van der Waals surface area contributed by atoms with Crippen molar-refractivity contribution < 1.29 is 9.90 Å². The van der Waals surface area contributed by atoms with E-state index in [0.717, 1.165) is 0 Å². The molecule has 0 saturated carbocycles. The maximum atomic E-state index is 10.2. The van der Waals surface area contributed by atoms with Gasteiger partial charge in [0.05, 0.1) is 0 Å². The van der Waals surface area contributed by atoms with Gasteiger partial charge < -0.3 is 10.8 Å². The van der Waals surface area contributed by atoms with Crippen LogP contribution in [0.3, 0.4) is 0 Å². The van der Waals surface area contributed by atoms with E-state index < -0.39 is 5.97 Å². The summed E-state index contributed by atoms with van der Waals surface area (Å²) in [5.41, 5.74) is 5.36. The molecule has 0 aliphatic rings. The molecule has 3 N–H and O–H groups in total. The molecule has 0 heterocycles. The van der Waals surface area contributed by atoms with Crippen molar-refractivity contribution in [3.63, 3.8) is 0 Å². The van der Waals surface area contributed by atoms with Crippen LogP contribution in [0.4, 0.5) is 0 Å². The van der Waals surface area contributed by atoms with Crippen LogP contribution < -0.4 is 5.73 Å². The van der Waals surface area contributed by atoms with Gasteiger partial charge in [-0.3, -0.25) is 4.79 Å². The zero-order valence-electron chi connectivity index (χ0n) is 6.50. The minimum Gasteiger partial charge on any atom is -0.481 e. The maximum Gasteiger partial charge on any atom is 0.303 e. The second-order valence-electron chi connectivity index (χ2n) is 2.84. The Morgan fingerprint density at radius 1 is 1.60 bits per heavy atom. The molecular weight excluding hydrogens is 130 g/mol. The predicted octanol–water partition coefficient (Wildman–Crippen LogP) is 0.692. The van der Waals surface area contributed by atoms with E-state index in [2.05, 4.69) is 0 Å². The summed E-state index contributed by atoms with van der Waals surface area (Å²) in [5.74, 6) is -0.275. The Morgan fingerprint density at radius 2 is 2.10 bits per heavy atom. The smallest absolute Gasteiger partial charge is 0.303 e. The molecule has 10 heavy (non-hydrogen) atoms. The lowest BCUT2D eigenvalue weighted by Crippen LogP contribution is -2.22. The van der Waals surface area contributed by atoms with E-state index in [-0.39, 0.29) is 12.3 Å². The van der Waals surface area contributed by atoms with Crippen molar-refractivity contribution in [3.05, 3.63) is 0 Å². The number of carbonyl (C=O) groups is 1. The predicted molar refractivity (Wildman–Crippen MR) is 39.6 cm³/mol. The van der Waals surface area contributed by atoms with Gasteiger partial charge >= 0.3 is 5.97 Å². The molecule has 60 valence electrons. The van der Waals surface area contributed by atoms with E-state index in [1.54, 1.807) is 0 Å². The first-order valence-corrected chi connectivity index (χ1v) is 3.49. The third-order valence-corrected chi connectivity index (χ3v) is 1.68. The number of carboxylic acids is 1. The molecular formula is C7H15NO2. The van der Waals surface area contributed by atoms with Crippen LogP contribution in [0.15, 0.2) is 0 Å². The molecule has 0 aromatic carbocycles. The highest BCUT2D eigenvalue weighted by atomic mass is 16.4. The second-order valence-corrected chi connectivity index (χ2v) is 2.84. The third kappa shape index (κ3) is 3.45. The molecule has 0 aliphatic carbocycles. The average molecular weight is 145 g/mol. The van der Waals surface area contributed by atoms with Crippen molar-refractivity contribution in [1.29, 1.82) is 0 Å². The Bertz CT molecular complexity index is 112. The number of hydrogen-bond donors (Lipinski definition) is 2. The highest BCUT2D eigenvalue weighted by molar-refractivity contribution is 5.67. The molecule has 0 aromatic heterocycles. The summed E-state index contributed by atoms with van der Waals surface area (Å²) in [6.07, 6.45) is 0.189. The Balaban J connectivity index is 3.71. The van der Waals surface area contributed by atoms with Gasteiger partial charge in [0, 0.05) is 6.42 Å². The van der Waals surface area contributed by atoms with E-state index in [1.165, 1.54) is 0 Å². The van der Waals surface area contributed by atoms with Gasteiger partial charge in [-0.05, 0) is 18.4 Å². The van der Waals surface area contributed by atoms with Gasteiger partial charge in [0.15, 0.2) is 0 Å². The minimum atomic E-state index is -0.760.